The molecule has 0 fully saturated rings. The molecule has 566 valence electrons. The number of rotatable bonds is 76. The van der Waals surface area contributed by atoms with Gasteiger partial charge in [0.15, 0.2) is 6.10 Å². The van der Waals surface area contributed by atoms with Gasteiger partial charge >= 0.3 is 19.8 Å². The van der Waals surface area contributed by atoms with Gasteiger partial charge in [-0.1, -0.05) is 379 Å². The number of phosphoric acid groups is 1. The summed E-state index contributed by atoms with van der Waals surface area (Å²) in [5.74, 6) is -0.780. The quantitative estimate of drug-likeness (QED) is 0.0211. The number of allylic oxidation sites excluding steroid dienone is 20. The average Bonchev–Trinajstić information content (AvgIpc) is 1.08. The van der Waals surface area contributed by atoms with E-state index in [1.165, 1.54) is 244 Å². The van der Waals surface area contributed by atoms with E-state index in [0.29, 0.717) is 17.4 Å². The van der Waals surface area contributed by atoms with E-state index in [9.17, 15) is 19.0 Å². The third-order valence-corrected chi connectivity index (χ3v) is 19.0. The van der Waals surface area contributed by atoms with Crippen molar-refractivity contribution in [3.05, 3.63) is 122 Å². The molecule has 0 aliphatic rings. The minimum absolute atomic E-state index is 0.0312. The van der Waals surface area contributed by atoms with Gasteiger partial charge in [-0.3, -0.25) is 18.6 Å². The standard InChI is InChI=1S/C88H156NO8P/c1-6-8-10-12-14-16-18-20-22-24-26-28-30-32-34-36-38-40-41-42-43-44-45-46-47-49-51-53-55-57-59-61-63-65-67-69-71-73-75-77-79-81-88(91)97-86(85-96-98(92,93)95-83-82-89(3,4)5)84-94-87(90)80-78-76-74-72-70-68-66-64-62-60-58-56-54-52-50-48-39-37-35-33-31-29-27-25-23-21-19-17-15-13-11-9-7-2/h8-11,14-17,20-23,26-29,32,34,38,40,86H,6-7,12-13,18-19,24-25,30-31,33,35-37,39,41-85H2,1-5H3/p+1/b10-8-,11-9-,16-14-,17-15-,22-20-,23-21-,28-26-,29-27-,34-32-,40-38-. The van der Waals surface area contributed by atoms with Gasteiger partial charge in [0.25, 0.3) is 0 Å². The first-order chi connectivity index (χ1) is 48.0. The normalized spacial score (nSPS) is 13.7. The van der Waals surface area contributed by atoms with Crippen molar-refractivity contribution >= 4 is 19.8 Å². The second-order valence-electron chi connectivity index (χ2n) is 28.7. The highest BCUT2D eigenvalue weighted by Gasteiger charge is 2.27. The summed E-state index contributed by atoms with van der Waals surface area (Å²) < 4.78 is 34.9. The molecular weight excluding hydrogens is 1230 g/mol. The van der Waals surface area contributed by atoms with Crippen LogP contribution in [0.3, 0.4) is 0 Å². The lowest BCUT2D eigenvalue weighted by atomic mass is 10.0. The van der Waals surface area contributed by atoms with E-state index in [4.69, 9.17) is 18.5 Å². The Morgan fingerprint density at radius 1 is 0.316 bits per heavy atom. The molecule has 0 aliphatic carbocycles. The lowest BCUT2D eigenvalue weighted by Crippen LogP contribution is -2.37. The number of nitrogens with zero attached hydrogens (tertiary/aromatic N) is 1. The fourth-order valence-electron chi connectivity index (χ4n) is 11.8. The van der Waals surface area contributed by atoms with Gasteiger partial charge in [0, 0.05) is 12.8 Å². The van der Waals surface area contributed by atoms with Crippen LogP contribution in [0.15, 0.2) is 122 Å². The molecule has 0 aromatic carbocycles. The fourth-order valence-corrected chi connectivity index (χ4v) is 12.5. The zero-order valence-electron chi connectivity index (χ0n) is 64.8. The van der Waals surface area contributed by atoms with Crippen molar-refractivity contribution in [3.63, 3.8) is 0 Å². The van der Waals surface area contributed by atoms with Gasteiger partial charge in [-0.05, 0) is 103 Å². The first-order valence-corrected chi connectivity index (χ1v) is 42.8. The van der Waals surface area contributed by atoms with Gasteiger partial charge < -0.3 is 18.9 Å². The molecule has 0 rings (SSSR count). The van der Waals surface area contributed by atoms with E-state index in [2.05, 4.69) is 135 Å². The molecule has 0 aromatic heterocycles. The Balaban J connectivity index is 3.91. The van der Waals surface area contributed by atoms with E-state index in [1.807, 2.05) is 21.1 Å². The molecule has 9 nitrogen and oxygen atoms in total. The average molecular weight is 1390 g/mol. The van der Waals surface area contributed by atoms with Crippen LogP contribution in [0, 0.1) is 0 Å². The Bertz CT molecular complexity index is 2070. The van der Waals surface area contributed by atoms with E-state index < -0.39 is 26.5 Å². The van der Waals surface area contributed by atoms with Crippen LogP contribution in [0.4, 0.5) is 0 Å². The maximum absolute atomic E-state index is 12.9. The third-order valence-electron chi connectivity index (χ3n) is 18.0. The van der Waals surface area contributed by atoms with Crippen LogP contribution in [-0.4, -0.2) is 74.9 Å². The molecule has 98 heavy (non-hydrogen) atoms. The van der Waals surface area contributed by atoms with Crippen molar-refractivity contribution in [1.29, 1.82) is 0 Å². The molecule has 0 saturated carbocycles. The lowest BCUT2D eigenvalue weighted by molar-refractivity contribution is -0.870. The lowest BCUT2D eigenvalue weighted by Gasteiger charge is -2.24. The second kappa shape index (κ2) is 77.6. The highest BCUT2D eigenvalue weighted by molar-refractivity contribution is 7.47. The van der Waals surface area contributed by atoms with Crippen molar-refractivity contribution in [2.45, 2.75) is 380 Å². The summed E-state index contributed by atoms with van der Waals surface area (Å²) in [6, 6.07) is 0. The molecule has 2 atom stereocenters. The zero-order chi connectivity index (χ0) is 71.1. The number of unbranched alkanes of at least 4 members (excludes halogenated alkanes) is 42. The van der Waals surface area contributed by atoms with E-state index in [-0.39, 0.29) is 32.0 Å². The molecule has 1 N–H and O–H groups in total. The zero-order valence-corrected chi connectivity index (χ0v) is 65.6. The SMILES string of the molecule is CC/C=C\C/C=C\C/C=C\C/C=C\C/C=C\C/C=C\CCCCCCCCCCCCCCCCCCCCCCCCC(=O)OC(COC(=O)CCCCCCCCCCCCCCCCCCCCCC/C=C\C/C=C\C/C=C\C/C=C\CC)COP(=O)(O)OCC[N+](C)(C)C. The first-order valence-electron chi connectivity index (χ1n) is 41.3. The number of esters is 2. The highest BCUT2D eigenvalue weighted by atomic mass is 31.2. The van der Waals surface area contributed by atoms with Gasteiger partial charge in [-0.2, -0.15) is 0 Å². The molecule has 0 aliphatic heterocycles. The van der Waals surface area contributed by atoms with Crippen molar-refractivity contribution in [2.75, 3.05) is 47.5 Å². The minimum Gasteiger partial charge on any atom is -0.462 e. The molecule has 0 saturated heterocycles. The number of phosphoric ester groups is 1. The summed E-state index contributed by atoms with van der Waals surface area (Å²) in [6.45, 7) is 4.26. The molecule has 2 unspecified atom stereocenters. The largest absolute Gasteiger partial charge is 0.472 e. The number of hydrogen-bond acceptors (Lipinski definition) is 7. The first kappa shape index (κ1) is 94.4. The number of carbonyl (C=O) groups excluding carboxylic acids is 2. The van der Waals surface area contributed by atoms with Gasteiger partial charge in [0.05, 0.1) is 27.7 Å². The smallest absolute Gasteiger partial charge is 0.462 e. The molecule has 0 heterocycles. The molecule has 0 spiro atoms. The summed E-state index contributed by atoms with van der Waals surface area (Å²) in [7, 11) is 1.49. The van der Waals surface area contributed by atoms with Gasteiger partial charge in [0.2, 0.25) is 0 Å². The Labute approximate surface area is 607 Å². The van der Waals surface area contributed by atoms with Crippen molar-refractivity contribution in [3.8, 4) is 0 Å². The van der Waals surface area contributed by atoms with Crippen LogP contribution in [0.1, 0.15) is 373 Å². The number of carbonyl (C=O) groups is 2. The Hall–Kier alpha value is -3.59. The number of likely N-dealkylation sites (N-methyl/N-ethyl adjacent to an activating group) is 1. The second-order valence-corrected chi connectivity index (χ2v) is 30.2. The minimum atomic E-state index is -4.40. The predicted octanol–water partition coefficient (Wildman–Crippen LogP) is 27.7. The fraction of sp³-hybridized carbons (Fsp3) is 0.750. The highest BCUT2D eigenvalue weighted by Crippen LogP contribution is 2.43. The molecule has 0 radical (unpaired) electrons. The predicted molar refractivity (Wildman–Crippen MR) is 427 cm³/mol. The summed E-state index contributed by atoms with van der Waals surface area (Å²) in [4.78, 5) is 36.0. The summed E-state index contributed by atoms with van der Waals surface area (Å²) >= 11 is 0. The van der Waals surface area contributed by atoms with Crippen LogP contribution in [0.25, 0.3) is 0 Å². The summed E-state index contributed by atoms with van der Waals surface area (Å²) in [5, 5.41) is 0. The van der Waals surface area contributed by atoms with E-state index >= 15 is 0 Å². The molecular formula is C88H157NO8P+. The van der Waals surface area contributed by atoms with Crippen LogP contribution in [-0.2, 0) is 32.7 Å². The van der Waals surface area contributed by atoms with Crippen molar-refractivity contribution in [2.24, 2.45) is 0 Å². The van der Waals surface area contributed by atoms with E-state index in [1.54, 1.807) is 0 Å². The maximum Gasteiger partial charge on any atom is 0.472 e. The van der Waals surface area contributed by atoms with Gasteiger partial charge in [-0.25, -0.2) is 4.57 Å². The summed E-state index contributed by atoms with van der Waals surface area (Å²) in [6.07, 6.45) is 112. The van der Waals surface area contributed by atoms with E-state index in [0.717, 1.165) is 96.3 Å². The monoisotopic (exact) mass is 1390 g/mol. The van der Waals surface area contributed by atoms with Gasteiger partial charge in [0.1, 0.15) is 19.8 Å². The molecule has 10 heteroatoms. The van der Waals surface area contributed by atoms with Crippen LogP contribution in [0.5, 0.6) is 0 Å². The Kier molecular flexibility index (Phi) is 74.7. The number of hydrogen-bond donors (Lipinski definition) is 1. The summed E-state index contributed by atoms with van der Waals surface area (Å²) in [5.41, 5.74) is 0. The molecule has 0 bridgehead atoms. The number of ether oxygens (including phenoxy) is 2. The topological polar surface area (TPSA) is 108 Å². The Morgan fingerprint density at radius 3 is 0.816 bits per heavy atom. The van der Waals surface area contributed by atoms with Crippen LogP contribution >= 0.6 is 7.82 Å². The van der Waals surface area contributed by atoms with Crippen LogP contribution < -0.4 is 0 Å². The van der Waals surface area contributed by atoms with Crippen molar-refractivity contribution in [1.82, 2.24) is 0 Å². The van der Waals surface area contributed by atoms with Crippen molar-refractivity contribution < 1.29 is 42.1 Å². The van der Waals surface area contributed by atoms with Gasteiger partial charge in [-0.15, -0.1) is 0 Å². The van der Waals surface area contributed by atoms with Crippen LogP contribution in [0.2, 0.25) is 0 Å². The Morgan fingerprint density at radius 2 is 0.551 bits per heavy atom. The molecule has 0 aromatic rings. The maximum atomic E-state index is 12.9. The number of quaternary nitrogens is 1. The molecule has 0 amide bonds. The third kappa shape index (κ3) is 81.4.